The van der Waals surface area contributed by atoms with Gasteiger partial charge in [-0.1, -0.05) is 6.42 Å². The third-order valence-corrected chi connectivity index (χ3v) is 1.95. The molecule has 0 aromatic rings. The zero-order valence-corrected chi connectivity index (χ0v) is 5.87. The van der Waals surface area contributed by atoms with Crippen molar-refractivity contribution < 1.29 is 17.1 Å². The Labute approximate surface area is 59.9 Å². The van der Waals surface area contributed by atoms with Crippen LogP contribution in [0.4, 0.5) is 0 Å². The summed E-state index contributed by atoms with van der Waals surface area (Å²) in [6.07, 6.45) is 4.19. The minimum Gasteiger partial charge on any atom is -0.351 e. The number of hydrogen-bond donors (Lipinski definition) is 0. The van der Waals surface area contributed by atoms with Crippen molar-refractivity contribution in [3.63, 3.8) is 0 Å². The van der Waals surface area contributed by atoms with Gasteiger partial charge in [-0.05, 0) is 12.2 Å². The van der Waals surface area contributed by atoms with Gasteiger partial charge in [0.15, 0.2) is 0 Å². The second-order valence-corrected chi connectivity index (χ2v) is 2.61. The molecule has 1 fully saturated rings. The fourth-order valence-corrected chi connectivity index (χ4v) is 1.45. The molecule has 0 radical (unpaired) electrons. The third-order valence-electron chi connectivity index (χ3n) is 0.952. The molecular weight excluding hydrogens is 156 g/mol. The SMILES string of the molecule is [CH-]1CCCCS1.[Cu+]. The van der Waals surface area contributed by atoms with E-state index in [4.69, 9.17) is 0 Å². The molecule has 46 valence electrons. The number of thioether (sulfide) groups is 1. The average molecular weight is 165 g/mol. The largest absolute Gasteiger partial charge is 1.00 e. The quantitative estimate of drug-likeness (QED) is 0.390. The first-order chi connectivity index (χ1) is 3.00. The minimum atomic E-state index is 0. The van der Waals surface area contributed by atoms with E-state index in [1.807, 2.05) is 11.8 Å². The number of hydrogen-bond acceptors (Lipinski definition) is 1. The summed E-state index contributed by atoms with van der Waals surface area (Å²) in [7, 11) is 0. The Balaban J connectivity index is 0.000000360. The van der Waals surface area contributed by atoms with E-state index in [0.717, 1.165) is 0 Å². The maximum atomic E-state index is 2.31. The summed E-state index contributed by atoms with van der Waals surface area (Å²) < 4.78 is 0. The van der Waals surface area contributed by atoms with Crippen LogP contribution in [0, 0.1) is 5.75 Å². The fourth-order valence-electron chi connectivity index (χ4n) is 0.580. The molecule has 1 heterocycles. The average Bonchev–Trinajstić information content (AvgIpc) is 1.72. The van der Waals surface area contributed by atoms with Gasteiger partial charge in [0, 0.05) is 0 Å². The van der Waals surface area contributed by atoms with Crippen molar-refractivity contribution in [1.82, 2.24) is 0 Å². The Bertz CT molecular complexity index is 23.6. The molecule has 0 saturated carbocycles. The van der Waals surface area contributed by atoms with E-state index in [9.17, 15) is 0 Å². The smallest absolute Gasteiger partial charge is 0.351 e. The predicted octanol–water partition coefficient (Wildman–Crippen LogP) is 2.06. The molecule has 0 aliphatic carbocycles. The van der Waals surface area contributed by atoms with E-state index >= 15 is 0 Å². The first-order valence-corrected chi connectivity index (χ1v) is 3.48. The van der Waals surface area contributed by atoms with E-state index in [0.29, 0.717) is 0 Å². The Morgan fingerprint density at radius 1 is 1.29 bits per heavy atom. The van der Waals surface area contributed by atoms with Crippen LogP contribution in [-0.2, 0) is 17.1 Å². The van der Waals surface area contributed by atoms with E-state index in [-0.39, 0.29) is 17.1 Å². The van der Waals surface area contributed by atoms with Crippen molar-refractivity contribution in [3.8, 4) is 0 Å². The molecule has 1 aliphatic heterocycles. The van der Waals surface area contributed by atoms with Gasteiger partial charge in [0.05, 0.1) is 0 Å². The maximum absolute atomic E-state index is 2.31. The molecule has 0 unspecified atom stereocenters. The van der Waals surface area contributed by atoms with E-state index < -0.39 is 0 Å². The molecule has 0 amide bonds. The standard InChI is InChI=1S/C5H9S.Cu/c1-2-4-6-5-3-1;/h4H,1-3,5H2;/q-1;+1. The Morgan fingerprint density at radius 3 is 2.29 bits per heavy atom. The molecule has 0 aromatic carbocycles. The van der Waals surface area contributed by atoms with Crippen LogP contribution in [0.5, 0.6) is 0 Å². The topological polar surface area (TPSA) is 0 Å². The van der Waals surface area contributed by atoms with E-state index in [1.54, 1.807) is 0 Å². The molecule has 0 nitrogen and oxygen atoms in total. The van der Waals surface area contributed by atoms with Gasteiger partial charge in [0.25, 0.3) is 0 Å². The summed E-state index contributed by atoms with van der Waals surface area (Å²) in [6.45, 7) is 0. The van der Waals surface area contributed by atoms with Crippen LogP contribution in [0.25, 0.3) is 0 Å². The summed E-state index contributed by atoms with van der Waals surface area (Å²) >= 11 is 1.97. The van der Waals surface area contributed by atoms with Gasteiger partial charge >= 0.3 is 17.1 Å². The van der Waals surface area contributed by atoms with Gasteiger partial charge in [-0.2, -0.15) is 6.42 Å². The van der Waals surface area contributed by atoms with Gasteiger partial charge in [-0.25, -0.2) is 0 Å². The Morgan fingerprint density at radius 2 is 2.14 bits per heavy atom. The molecule has 0 aromatic heterocycles. The van der Waals surface area contributed by atoms with E-state index in [2.05, 4.69) is 5.75 Å². The van der Waals surface area contributed by atoms with Crippen LogP contribution in [0.2, 0.25) is 0 Å². The molecule has 0 atom stereocenters. The van der Waals surface area contributed by atoms with Crippen LogP contribution < -0.4 is 0 Å². The van der Waals surface area contributed by atoms with Crippen LogP contribution >= 0.6 is 11.8 Å². The van der Waals surface area contributed by atoms with Crippen molar-refractivity contribution in [2.75, 3.05) is 5.75 Å². The normalized spacial score (nSPS) is 20.6. The van der Waals surface area contributed by atoms with Gasteiger partial charge in [0.1, 0.15) is 0 Å². The zero-order valence-electron chi connectivity index (χ0n) is 4.12. The van der Waals surface area contributed by atoms with Crippen molar-refractivity contribution >= 4 is 11.8 Å². The van der Waals surface area contributed by atoms with Crippen molar-refractivity contribution in [1.29, 1.82) is 0 Å². The Hall–Kier alpha value is 0.869. The van der Waals surface area contributed by atoms with E-state index in [1.165, 1.54) is 25.0 Å². The van der Waals surface area contributed by atoms with Gasteiger partial charge < -0.3 is 11.8 Å². The molecule has 0 N–H and O–H groups in total. The van der Waals surface area contributed by atoms with Crippen LogP contribution in [-0.4, -0.2) is 5.75 Å². The van der Waals surface area contributed by atoms with Crippen LogP contribution in [0.1, 0.15) is 19.3 Å². The predicted molar refractivity (Wildman–Crippen MR) is 30.6 cm³/mol. The van der Waals surface area contributed by atoms with Gasteiger partial charge in [-0.15, -0.1) is 0 Å². The molecule has 2 heteroatoms. The van der Waals surface area contributed by atoms with Gasteiger partial charge in [0.2, 0.25) is 0 Å². The third kappa shape index (κ3) is 3.45. The molecule has 0 bridgehead atoms. The summed E-state index contributed by atoms with van der Waals surface area (Å²) in [5.74, 6) is 3.67. The summed E-state index contributed by atoms with van der Waals surface area (Å²) in [5, 5.41) is 0. The second kappa shape index (κ2) is 5.02. The molecule has 7 heavy (non-hydrogen) atoms. The fraction of sp³-hybridized carbons (Fsp3) is 0.800. The second-order valence-electron chi connectivity index (χ2n) is 1.53. The molecule has 0 spiro atoms. The van der Waals surface area contributed by atoms with Crippen molar-refractivity contribution in [3.05, 3.63) is 5.75 Å². The van der Waals surface area contributed by atoms with Crippen LogP contribution in [0.3, 0.4) is 0 Å². The van der Waals surface area contributed by atoms with Crippen molar-refractivity contribution in [2.24, 2.45) is 0 Å². The monoisotopic (exact) mass is 164 g/mol. The first kappa shape index (κ1) is 7.87. The molecular formula is C5H9CuS. The summed E-state index contributed by atoms with van der Waals surface area (Å²) in [4.78, 5) is 0. The van der Waals surface area contributed by atoms with Crippen LogP contribution in [0.15, 0.2) is 0 Å². The minimum absolute atomic E-state index is 0. The molecule has 1 rings (SSSR count). The Kier molecular flexibility index (Phi) is 5.64. The maximum Gasteiger partial charge on any atom is 1.00 e. The van der Waals surface area contributed by atoms with Crippen molar-refractivity contribution in [2.45, 2.75) is 19.3 Å². The number of rotatable bonds is 0. The molecule has 1 aliphatic rings. The zero-order chi connectivity index (χ0) is 4.24. The molecule has 1 saturated heterocycles. The first-order valence-electron chi connectivity index (χ1n) is 2.43. The summed E-state index contributed by atoms with van der Waals surface area (Å²) in [6, 6.07) is 0. The summed E-state index contributed by atoms with van der Waals surface area (Å²) in [5.41, 5.74) is 0. The van der Waals surface area contributed by atoms with Gasteiger partial charge in [-0.3, -0.25) is 5.75 Å².